The summed E-state index contributed by atoms with van der Waals surface area (Å²) in [6.45, 7) is 0. The number of nitriles is 1. The van der Waals surface area contributed by atoms with Crippen LogP contribution in [0, 0.1) is 17.1 Å². The van der Waals surface area contributed by atoms with Crippen LogP contribution in [0.3, 0.4) is 0 Å². The number of nitrogens with zero attached hydrogens (tertiary/aromatic N) is 2. The summed E-state index contributed by atoms with van der Waals surface area (Å²) in [5, 5.41) is 14.2. The zero-order valence-electron chi connectivity index (χ0n) is 15.3. The Kier molecular flexibility index (Phi) is 5.97. The number of pyridine rings is 1. The van der Waals surface area contributed by atoms with Crippen molar-refractivity contribution in [1.29, 1.82) is 5.26 Å². The van der Waals surface area contributed by atoms with Crippen molar-refractivity contribution in [2.24, 2.45) is 0 Å². The molecule has 0 aliphatic heterocycles. The Morgan fingerprint density at radius 1 is 1.07 bits per heavy atom. The van der Waals surface area contributed by atoms with Crippen LogP contribution in [0.5, 0.6) is 0 Å². The minimum absolute atomic E-state index is 0.105. The number of benzene rings is 2. The monoisotopic (exact) mass is 414 g/mol. The Balaban J connectivity index is 1.86. The molecule has 0 unspecified atom stereocenters. The number of alkyl halides is 3. The molecule has 3 aromatic rings. The number of aromatic nitrogens is 1. The minimum Gasteiger partial charge on any atom is -0.354 e. The molecule has 0 aliphatic rings. The first kappa shape index (κ1) is 20.8. The standard InChI is InChI=1S/C21H14F4N4O/c22-15-7-5-13(6-8-15)9-20(30)29-19-10-18(16(12-27-19)21(23,24)25)28-17-4-2-1-3-14(17)11-26/h1-8,10,12H,9H2,(H2,27,28,29,30). The molecule has 1 amide bonds. The number of anilines is 3. The molecule has 0 spiro atoms. The van der Waals surface area contributed by atoms with Gasteiger partial charge in [0.2, 0.25) is 5.91 Å². The van der Waals surface area contributed by atoms with Gasteiger partial charge < -0.3 is 10.6 Å². The molecular formula is C21H14F4N4O. The molecule has 0 fully saturated rings. The van der Waals surface area contributed by atoms with Gasteiger partial charge in [0.05, 0.1) is 28.9 Å². The fraction of sp³-hybridized carbons (Fsp3) is 0.0952. The molecule has 2 N–H and O–H groups in total. The molecule has 5 nitrogen and oxygen atoms in total. The Hall–Kier alpha value is -3.93. The maximum absolute atomic E-state index is 13.4. The number of carbonyl (C=O) groups excluding carboxylic acids is 1. The topological polar surface area (TPSA) is 77.8 Å². The van der Waals surface area contributed by atoms with Crippen molar-refractivity contribution in [3.8, 4) is 6.07 Å². The maximum Gasteiger partial charge on any atom is 0.419 e. The SMILES string of the molecule is N#Cc1ccccc1Nc1cc(NC(=O)Cc2ccc(F)cc2)ncc1C(F)(F)F. The van der Waals surface area contributed by atoms with Crippen LogP contribution in [0.2, 0.25) is 0 Å². The highest BCUT2D eigenvalue weighted by Gasteiger charge is 2.34. The van der Waals surface area contributed by atoms with Gasteiger partial charge >= 0.3 is 6.18 Å². The van der Waals surface area contributed by atoms with Gasteiger partial charge in [-0.3, -0.25) is 4.79 Å². The summed E-state index contributed by atoms with van der Waals surface area (Å²) in [4.78, 5) is 15.9. The summed E-state index contributed by atoms with van der Waals surface area (Å²) in [6.07, 6.45) is -4.21. The first-order valence-electron chi connectivity index (χ1n) is 8.64. The van der Waals surface area contributed by atoms with E-state index in [1.54, 1.807) is 12.1 Å². The Bertz CT molecular complexity index is 1110. The van der Waals surface area contributed by atoms with Gasteiger partial charge in [-0.1, -0.05) is 24.3 Å². The van der Waals surface area contributed by atoms with Crippen LogP contribution < -0.4 is 10.6 Å². The van der Waals surface area contributed by atoms with E-state index >= 15 is 0 Å². The highest BCUT2D eigenvalue weighted by molar-refractivity contribution is 5.92. The number of rotatable bonds is 5. The van der Waals surface area contributed by atoms with Gasteiger partial charge in [-0.2, -0.15) is 18.4 Å². The van der Waals surface area contributed by atoms with E-state index in [1.807, 2.05) is 6.07 Å². The van der Waals surface area contributed by atoms with Crippen molar-refractivity contribution >= 4 is 23.1 Å². The minimum atomic E-state index is -4.70. The van der Waals surface area contributed by atoms with Crippen molar-refractivity contribution in [2.45, 2.75) is 12.6 Å². The third-order valence-corrected chi connectivity index (χ3v) is 4.07. The van der Waals surface area contributed by atoms with Crippen molar-refractivity contribution < 1.29 is 22.4 Å². The van der Waals surface area contributed by atoms with Gasteiger partial charge in [0.15, 0.2) is 0 Å². The lowest BCUT2D eigenvalue weighted by Gasteiger charge is -2.16. The van der Waals surface area contributed by atoms with Crippen molar-refractivity contribution in [1.82, 2.24) is 4.98 Å². The van der Waals surface area contributed by atoms with Gasteiger partial charge in [-0.25, -0.2) is 9.37 Å². The van der Waals surface area contributed by atoms with Crippen LogP contribution in [-0.2, 0) is 17.4 Å². The predicted octanol–water partition coefficient (Wildman–Crippen LogP) is 5.04. The number of nitrogens with one attached hydrogen (secondary N) is 2. The van der Waals surface area contributed by atoms with E-state index in [4.69, 9.17) is 5.26 Å². The fourth-order valence-corrected chi connectivity index (χ4v) is 2.66. The lowest BCUT2D eigenvalue weighted by Crippen LogP contribution is -2.17. The smallest absolute Gasteiger partial charge is 0.354 e. The van der Waals surface area contributed by atoms with Crippen molar-refractivity contribution in [3.63, 3.8) is 0 Å². The van der Waals surface area contributed by atoms with Gasteiger partial charge in [0, 0.05) is 12.3 Å². The van der Waals surface area contributed by atoms with E-state index in [-0.39, 0.29) is 29.2 Å². The molecule has 0 bridgehead atoms. The number of para-hydroxylation sites is 1. The molecule has 2 aromatic carbocycles. The Morgan fingerprint density at radius 2 is 1.77 bits per heavy atom. The summed E-state index contributed by atoms with van der Waals surface area (Å²) in [5.74, 6) is -1.08. The summed E-state index contributed by atoms with van der Waals surface area (Å²) in [7, 11) is 0. The first-order chi connectivity index (χ1) is 14.3. The van der Waals surface area contributed by atoms with Gasteiger partial charge in [-0.15, -0.1) is 0 Å². The molecule has 3 rings (SSSR count). The summed E-state index contributed by atoms with van der Waals surface area (Å²) in [6, 6.07) is 14.3. The zero-order chi connectivity index (χ0) is 21.7. The van der Waals surface area contributed by atoms with Gasteiger partial charge in [-0.05, 0) is 29.8 Å². The number of amides is 1. The Labute approximate surface area is 169 Å². The summed E-state index contributed by atoms with van der Waals surface area (Å²) >= 11 is 0. The highest BCUT2D eigenvalue weighted by atomic mass is 19.4. The molecular weight excluding hydrogens is 400 g/mol. The lowest BCUT2D eigenvalue weighted by molar-refractivity contribution is -0.137. The third-order valence-electron chi connectivity index (χ3n) is 4.07. The number of carbonyl (C=O) groups is 1. The van der Waals surface area contributed by atoms with Crippen molar-refractivity contribution in [3.05, 3.63) is 83.3 Å². The number of halogens is 4. The van der Waals surface area contributed by atoms with Gasteiger partial charge in [0.25, 0.3) is 0 Å². The molecule has 0 saturated heterocycles. The second-order valence-electron chi connectivity index (χ2n) is 6.25. The lowest BCUT2D eigenvalue weighted by atomic mass is 10.1. The summed E-state index contributed by atoms with van der Waals surface area (Å²) < 4.78 is 53.1. The maximum atomic E-state index is 13.4. The molecule has 152 valence electrons. The zero-order valence-corrected chi connectivity index (χ0v) is 15.3. The van der Waals surface area contributed by atoms with E-state index in [2.05, 4.69) is 15.6 Å². The molecule has 1 aromatic heterocycles. The normalized spacial score (nSPS) is 10.9. The van der Waals surface area contributed by atoms with E-state index < -0.39 is 23.5 Å². The van der Waals surface area contributed by atoms with E-state index in [9.17, 15) is 22.4 Å². The van der Waals surface area contributed by atoms with Crippen LogP contribution in [0.15, 0.2) is 60.8 Å². The van der Waals surface area contributed by atoms with E-state index in [1.165, 1.54) is 36.4 Å². The van der Waals surface area contributed by atoms with Gasteiger partial charge in [0.1, 0.15) is 17.7 Å². The average molecular weight is 414 g/mol. The molecule has 0 aliphatic carbocycles. The van der Waals surface area contributed by atoms with Crippen molar-refractivity contribution in [2.75, 3.05) is 10.6 Å². The third kappa shape index (κ3) is 5.11. The molecule has 30 heavy (non-hydrogen) atoms. The number of hydrogen-bond donors (Lipinski definition) is 2. The fourth-order valence-electron chi connectivity index (χ4n) is 2.66. The molecule has 9 heteroatoms. The van der Waals surface area contributed by atoms with Crippen LogP contribution in [0.4, 0.5) is 34.8 Å². The Morgan fingerprint density at radius 3 is 2.43 bits per heavy atom. The molecule has 0 atom stereocenters. The molecule has 0 saturated carbocycles. The first-order valence-corrected chi connectivity index (χ1v) is 8.64. The second-order valence-corrected chi connectivity index (χ2v) is 6.25. The van der Waals surface area contributed by atoms with Crippen LogP contribution in [0.25, 0.3) is 0 Å². The molecule has 1 heterocycles. The molecule has 0 radical (unpaired) electrons. The average Bonchev–Trinajstić information content (AvgIpc) is 2.69. The van der Waals surface area contributed by atoms with Crippen LogP contribution >= 0.6 is 0 Å². The van der Waals surface area contributed by atoms with Crippen LogP contribution in [0.1, 0.15) is 16.7 Å². The highest BCUT2D eigenvalue weighted by Crippen LogP contribution is 2.37. The van der Waals surface area contributed by atoms with E-state index in [0.29, 0.717) is 11.8 Å². The summed E-state index contributed by atoms with van der Waals surface area (Å²) in [5.41, 5.74) is -0.546. The second kappa shape index (κ2) is 8.61. The predicted molar refractivity (Wildman–Crippen MR) is 102 cm³/mol. The largest absolute Gasteiger partial charge is 0.419 e. The number of hydrogen-bond acceptors (Lipinski definition) is 4. The van der Waals surface area contributed by atoms with E-state index in [0.717, 1.165) is 6.07 Å². The van der Waals surface area contributed by atoms with Crippen LogP contribution in [-0.4, -0.2) is 10.9 Å². The quantitative estimate of drug-likeness (QED) is 0.574.